The maximum Gasteiger partial charge on any atom is 0.201 e. The highest BCUT2D eigenvalue weighted by Crippen LogP contribution is 2.23. The Kier molecular flexibility index (Phi) is 5.26. The van der Waals surface area contributed by atoms with Crippen LogP contribution in [0.1, 0.15) is 31.4 Å². The number of hydrogen-bond donors (Lipinski definition) is 0. The molecule has 0 saturated heterocycles. The van der Waals surface area contributed by atoms with Crippen LogP contribution < -0.4 is 0 Å². The second-order valence-electron chi connectivity index (χ2n) is 3.48. The highest BCUT2D eigenvalue weighted by Gasteiger charge is 2.13. The van der Waals surface area contributed by atoms with Gasteiger partial charge in [0.15, 0.2) is 0 Å². The fraction of sp³-hybridized carbons (Fsp3) is 0.308. The summed E-state index contributed by atoms with van der Waals surface area (Å²) in [5.41, 5.74) is 0.987. The Morgan fingerprint density at radius 2 is 2.38 bits per heavy atom. The summed E-state index contributed by atoms with van der Waals surface area (Å²) in [6, 6.07) is 0. The van der Waals surface area contributed by atoms with Gasteiger partial charge >= 0.3 is 0 Å². The number of halogens is 1. The molecule has 1 aromatic heterocycles. The minimum absolute atomic E-state index is 0.106. The van der Waals surface area contributed by atoms with Gasteiger partial charge < -0.3 is 4.42 Å². The molecule has 0 aliphatic rings. The van der Waals surface area contributed by atoms with Crippen LogP contribution >= 0.6 is 15.9 Å². The largest absolute Gasteiger partial charge is 0.444 e. The Morgan fingerprint density at radius 1 is 1.62 bits per heavy atom. The molecule has 0 bridgehead atoms. The molecule has 3 heteroatoms. The predicted octanol–water partition coefficient (Wildman–Crippen LogP) is 4.36. The third-order valence-electron chi connectivity index (χ3n) is 2.24. The molecular formula is C13H16BrNO. The summed E-state index contributed by atoms with van der Waals surface area (Å²) in [4.78, 5) is 4.23. The lowest BCUT2D eigenvalue weighted by Crippen LogP contribution is -1.94. The number of allylic oxidation sites excluding steroid dienone is 5. The van der Waals surface area contributed by atoms with Crippen molar-refractivity contribution in [2.24, 2.45) is 0 Å². The summed E-state index contributed by atoms with van der Waals surface area (Å²) in [7, 11) is 0. The first kappa shape index (κ1) is 13.0. The maximum atomic E-state index is 5.55. The minimum Gasteiger partial charge on any atom is -0.444 e. The summed E-state index contributed by atoms with van der Waals surface area (Å²) >= 11 is 3.33. The first-order valence-electron chi connectivity index (χ1n) is 5.17. The van der Waals surface area contributed by atoms with E-state index >= 15 is 0 Å². The van der Waals surface area contributed by atoms with Crippen LogP contribution in [-0.4, -0.2) is 4.98 Å². The van der Waals surface area contributed by atoms with Crippen molar-refractivity contribution < 1.29 is 4.42 Å². The van der Waals surface area contributed by atoms with Crippen molar-refractivity contribution in [2.75, 3.05) is 0 Å². The second kappa shape index (κ2) is 6.48. The van der Waals surface area contributed by atoms with Crippen LogP contribution in [0.3, 0.4) is 0 Å². The Labute approximate surface area is 105 Å². The van der Waals surface area contributed by atoms with E-state index in [2.05, 4.69) is 27.5 Å². The van der Waals surface area contributed by atoms with Crippen molar-refractivity contribution in [1.29, 1.82) is 0 Å². The molecule has 0 fully saturated rings. The topological polar surface area (TPSA) is 26.0 Å². The van der Waals surface area contributed by atoms with Crippen LogP contribution in [0.2, 0.25) is 0 Å². The number of hydrogen-bond acceptors (Lipinski definition) is 2. The number of rotatable bonds is 5. The number of alkyl halides is 1. The number of aromatic nitrogens is 1. The van der Waals surface area contributed by atoms with E-state index in [-0.39, 0.29) is 5.92 Å². The van der Waals surface area contributed by atoms with Crippen LogP contribution in [0.25, 0.3) is 0 Å². The fourth-order valence-electron chi connectivity index (χ4n) is 1.18. The molecular weight excluding hydrogens is 266 g/mol. The lowest BCUT2D eigenvalue weighted by atomic mass is 10.0. The van der Waals surface area contributed by atoms with Crippen LogP contribution in [0.4, 0.5) is 0 Å². The highest BCUT2D eigenvalue weighted by molar-refractivity contribution is 9.08. The van der Waals surface area contributed by atoms with Gasteiger partial charge in [0.05, 0.1) is 17.4 Å². The Morgan fingerprint density at radius 3 is 2.94 bits per heavy atom. The maximum absolute atomic E-state index is 5.55. The van der Waals surface area contributed by atoms with E-state index in [0.29, 0.717) is 11.2 Å². The monoisotopic (exact) mass is 281 g/mol. The van der Waals surface area contributed by atoms with Crippen molar-refractivity contribution in [3.63, 3.8) is 0 Å². The standard InChI is InChI=1S/C13H16BrNO/c1-4-5-6-7-10(2)11(3)13-15-9-12(8-14)16-13/h4-7,9,11H,2,8H2,1,3H3/b5-4-,7-6-. The lowest BCUT2D eigenvalue weighted by Gasteiger charge is -2.06. The van der Waals surface area contributed by atoms with Gasteiger partial charge in [0.2, 0.25) is 5.89 Å². The van der Waals surface area contributed by atoms with Gasteiger partial charge in [0, 0.05) is 0 Å². The molecule has 16 heavy (non-hydrogen) atoms. The normalized spacial score (nSPS) is 13.7. The van der Waals surface area contributed by atoms with Gasteiger partial charge in [-0.2, -0.15) is 0 Å². The summed E-state index contributed by atoms with van der Waals surface area (Å²) in [6.07, 6.45) is 9.62. The molecule has 2 nitrogen and oxygen atoms in total. The molecule has 0 aliphatic heterocycles. The van der Waals surface area contributed by atoms with Crippen molar-refractivity contribution in [3.8, 4) is 0 Å². The fourth-order valence-corrected chi connectivity index (χ4v) is 1.44. The van der Waals surface area contributed by atoms with E-state index in [1.54, 1.807) is 6.20 Å². The number of oxazole rings is 1. The van der Waals surface area contributed by atoms with Crippen molar-refractivity contribution in [2.45, 2.75) is 25.1 Å². The molecule has 86 valence electrons. The summed E-state index contributed by atoms with van der Waals surface area (Å²) in [5.74, 6) is 1.66. The molecule has 0 aliphatic carbocycles. The van der Waals surface area contributed by atoms with Crippen molar-refractivity contribution in [1.82, 2.24) is 4.98 Å². The molecule has 0 spiro atoms. The molecule has 0 amide bonds. The Bertz CT molecular complexity index is 404. The smallest absolute Gasteiger partial charge is 0.201 e. The SMILES string of the molecule is C=C(/C=C\C=C/C)C(C)c1ncc(CBr)o1. The van der Waals surface area contributed by atoms with E-state index in [4.69, 9.17) is 4.42 Å². The third-order valence-corrected chi connectivity index (χ3v) is 2.80. The molecule has 1 unspecified atom stereocenters. The molecule has 0 saturated carbocycles. The zero-order chi connectivity index (χ0) is 12.0. The van der Waals surface area contributed by atoms with Crippen molar-refractivity contribution >= 4 is 15.9 Å². The van der Waals surface area contributed by atoms with Gasteiger partial charge in [0.1, 0.15) is 5.76 Å². The molecule has 1 heterocycles. The zero-order valence-electron chi connectivity index (χ0n) is 9.61. The van der Waals surface area contributed by atoms with E-state index in [1.165, 1.54) is 0 Å². The van der Waals surface area contributed by atoms with E-state index in [0.717, 1.165) is 11.3 Å². The van der Waals surface area contributed by atoms with Gasteiger partial charge in [-0.25, -0.2) is 4.98 Å². The van der Waals surface area contributed by atoms with E-state index in [1.807, 2.05) is 38.2 Å². The van der Waals surface area contributed by atoms with Gasteiger partial charge in [0.25, 0.3) is 0 Å². The van der Waals surface area contributed by atoms with E-state index in [9.17, 15) is 0 Å². The van der Waals surface area contributed by atoms with Gasteiger partial charge in [-0.15, -0.1) is 0 Å². The Balaban J connectivity index is 2.69. The number of nitrogens with zero attached hydrogens (tertiary/aromatic N) is 1. The molecule has 0 radical (unpaired) electrons. The second-order valence-corrected chi connectivity index (χ2v) is 4.04. The Hall–Kier alpha value is -1.09. The first-order chi connectivity index (χ1) is 7.69. The van der Waals surface area contributed by atoms with Crippen LogP contribution in [-0.2, 0) is 5.33 Å². The summed E-state index contributed by atoms with van der Waals surface area (Å²) < 4.78 is 5.55. The van der Waals surface area contributed by atoms with Crippen molar-refractivity contribution in [3.05, 3.63) is 54.3 Å². The first-order valence-corrected chi connectivity index (χ1v) is 6.30. The lowest BCUT2D eigenvalue weighted by molar-refractivity contribution is 0.456. The van der Waals surface area contributed by atoms with E-state index < -0.39 is 0 Å². The summed E-state index contributed by atoms with van der Waals surface area (Å²) in [6.45, 7) is 8.02. The van der Waals surface area contributed by atoms with Gasteiger partial charge in [-0.3, -0.25) is 0 Å². The average molecular weight is 282 g/mol. The molecule has 1 aromatic rings. The highest BCUT2D eigenvalue weighted by atomic mass is 79.9. The molecule has 1 atom stereocenters. The van der Waals surface area contributed by atoms with Crippen LogP contribution in [0, 0.1) is 0 Å². The predicted molar refractivity (Wildman–Crippen MR) is 70.6 cm³/mol. The van der Waals surface area contributed by atoms with Gasteiger partial charge in [-0.1, -0.05) is 46.8 Å². The summed E-state index contributed by atoms with van der Waals surface area (Å²) in [5, 5.41) is 0.688. The third kappa shape index (κ3) is 3.49. The average Bonchev–Trinajstić information content (AvgIpc) is 2.76. The van der Waals surface area contributed by atoms with Crippen LogP contribution in [0.5, 0.6) is 0 Å². The molecule has 1 rings (SSSR count). The van der Waals surface area contributed by atoms with Gasteiger partial charge in [-0.05, 0) is 19.4 Å². The van der Waals surface area contributed by atoms with Crippen LogP contribution in [0.15, 0.2) is 47.1 Å². The minimum atomic E-state index is 0.106. The zero-order valence-corrected chi connectivity index (χ0v) is 11.2. The quantitative estimate of drug-likeness (QED) is 0.592. The molecule has 0 aromatic carbocycles. The molecule has 0 N–H and O–H groups in total.